The number of pyridine rings is 1. The number of hydrogen-bond acceptors (Lipinski definition) is 4. The van der Waals surface area contributed by atoms with E-state index >= 15 is 0 Å². The first kappa shape index (κ1) is 14.3. The lowest BCUT2D eigenvalue weighted by Crippen LogP contribution is -2.25. The van der Waals surface area contributed by atoms with Crippen LogP contribution in [0.25, 0.3) is 0 Å². The molecule has 0 aliphatic carbocycles. The number of aromatic nitrogens is 1. The average molecular weight is 286 g/mol. The molecule has 0 saturated carbocycles. The standard InChI is InChI=1S/C15H14N2O2S/c1-17(11-12-4-2-8-16-10-12)15(19)14-7-6-13(20-14)5-3-9-18/h2,4,6-8,10,18H,9,11H2,1H3. The van der Waals surface area contributed by atoms with Gasteiger partial charge >= 0.3 is 0 Å². The number of carbonyl (C=O) groups excluding carboxylic acids is 1. The number of rotatable bonds is 3. The van der Waals surface area contributed by atoms with Gasteiger partial charge in [0.25, 0.3) is 5.91 Å². The van der Waals surface area contributed by atoms with E-state index in [1.165, 1.54) is 11.3 Å². The van der Waals surface area contributed by atoms with E-state index in [0.717, 1.165) is 10.4 Å². The van der Waals surface area contributed by atoms with Crippen LogP contribution in [0.3, 0.4) is 0 Å². The molecule has 2 aromatic rings. The fourth-order valence-electron chi connectivity index (χ4n) is 1.67. The third-order valence-electron chi connectivity index (χ3n) is 2.60. The molecule has 0 atom stereocenters. The lowest BCUT2D eigenvalue weighted by atomic mass is 10.2. The molecule has 1 amide bonds. The van der Waals surface area contributed by atoms with Crippen molar-refractivity contribution in [3.8, 4) is 11.8 Å². The first-order chi connectivity index (χ1) is 9.70. The lowest BCUT2D eigenvalue weighted by molar-refractivity contribution is 0.0790. The Bertz CT molecular complexity index is 641. The van der Waals surface area contributed by atoms with Gasteiger partial charge in [0, 0.05) is 26.0 Å². The van der Waals surface area contributed by atoms with Crippen LogP contribution in [-0.2, 0) is 6.54 Å². The number of amides is 1. The van der Waals surface area contributed by atoms with Crippen LogP contribution >= 0.6 is 11.3 Å². The molecular formula is C15H14N2O2S. The monoisotopic (exact) mass is 286 g/mol. The van der Waals surface area contributed by atoms with E-state index in [9.17, 15) is 4.79 Å². The maximum Gasteiger partial charge on any atom is 0.264 e. The van der Waals surface area contributed by atoms with E-state index in [1.54, 1.807) is 36.5 Å². The van der Waals surface area contributed by atoms with Gasteiger partial charge in [0.2, 0.25) is 0 Å². The van der Waals surface area contributed by atoms with Crippen LogP contribution in [0.15, 0.2) is 36.7 Å². The summed E-state index contributed by atoms with van der Waals surface area (Å²) in [5.41, 5.74) is 0.986. The fraction of sp³-hybridized carbons (Fsp3) is 0.200. The molecule has 0 spiro atoms. The van der Waals surface area contributed by atoms with Crippen LogP contribution in [0.1, 0.15) is 20.1 Å². The van der Waals surface area contributed by atoms with E-state index in [4.69, 9.17) is 5.11 Å². The minimum absolute atomic E-state index is 0.0455. The highest BCUT2D eigenvalue weighted by Crippen LogP contribution is 2.18. The van der Waals surface area contributed by atoms with Gasteiger partial charge in [-0.3, -0.25) is 9.78 Å². The topological polar surface area (TPSA) is 53.4 Å². The van der Waals surface area contributed by atoms with Crippen molar-refractivity contribution in [1.82, 2.24) is 9.88 Å². The van der Waals surface area contributed by atoms with E-state index in [1.807, 2.05) is 12.1 Å². The van der Waals surface area contributed by atoms with Gasteiger partial charge < -0.3 is 10.0 Å². The van der Waals surface area contributed by atoms with Gasteiger partial charge in [-0.1, -0.05) is 17.9 Å². The molecule has 0 radical (unpaired) electrons. The zero-order chi connectivity index (χ0) is 14.4. The van der Waals surface area contributed by atoms with Crippen molar-refractivity contribution >= 4 is 17.2 Å². The zero-order valence-corrected chi connectivity index (χ0v) is 11.9. The molecule has 2 aromatic heterocycles. The van der Waals surface area contributed by atoms with E-state index < -0.39 is 0 Å². The first-order valence-electron chi connectivity index (χ1n) is 6.04. The van der Waals surface area contributed by atoms with Crippen molar-refractivity contribution in [2.45, 2.75) is 6.54 Å². The molecule has 0 fully saturated rings. The summed E-state index contributed by atoms with van der Waals surface area (Å²) in [6.45, 7) is 0.338. The maximum absolute atomic E-state index is 12.3. The summed E-state index contributed by atoms with van der Waals surface area (Å²) >= 11 is 1.33. The lowest BCUT2D eigenvalue weighted by Gasteiger charge is -2.15. The van der Waals surface area contributed by atoms with Gasteiger partial charge in [-0.2, -0.15) is 0 Å². The molecular weight excluding hydrogens is 272 g/mol. The van der Waals surface area contributed by atoms with Gasteiger partial charge in [0.05, 0.1) is 9.75 Å². The molecule has 0 saturated heterocycles. The highest BCUT2D eigenvalue weighted by Gasteiger charge is 2.14. The van der Waals surface area contributed by atoms with Crippen molar-refractivity contribution < 1.29 is 9.90 Å². The van der Waals surface area contributed by atoms with Crippen LogP contribution in [0.5, 0.6) is 0 Å². The predicted molar refractivity (Wildman–Crippen MR) is 78.3 cm³/mol. The molecule has 1 N–H and O–H groups in total. The fourth-order valence-corrected chi connectivity index (χ4v) is 2.55. The molecule has 0 aliphatic rings. The maximum atomic E-state index is 12.3. The third kappa shape index (κ3) is 3.67. The number of carbonyl (C=O) groups is 1. The Morgan fingerprint density at radius 2 is 2.30 bits per heavy atom. The summed E-state index contributed by atoms with van der Waals surface area (Å²) in [6.07, 6.45) is 3.45. The summed E-state index contributed by atoms with van der Waals surface area (Å²) in [7, 11) is 1.76. The molecule has 0 aliphatic heterocycles. The molecule has 0 unspecified atom stereocenters. The molecule has 0 bridgehead atoms. The Kier molecular flexibility index (Phi) is 4.88. The normalized spacial score (nSPS) is 9.70. The number of aliphatic hydroxyl groups is 1. The van der Waals surface area contributed by atoms with Gasteiger partial charge in [-0.25, -0.2) is 0 Å². The first-order valence-corrected chi connectivity index (χ1v) is 6.86. The molecule has 4 nitrogen and oxygen atoms in total. The molecule has 20 heavy (non-hydrogen) atoms. The van der Waals surface area contributed by atoms with Crippen LogP contribution in [0, 0.1) is 11.8 Å². The minimum Gasteiger partial charge on any atom is -0.384 e. The zero-order valence-electron chi connectivity index (χ0n) is 11.0. The highest BCUT2D eigenvalue weighted by atomic mass is 32.1. The van der Waals surface area contributed by atoms with Crippen molar-refractivity contribution in [2.75, 3.05) is 13.7 Å². The smallest absolute Gasteiger partial charge is 0.264 e. The molecule has 5 heteroatoms. The summed E-state index contributed by atoms with van der Waals surface area (Å²) < 4.78 is 0. The van der Waals surface area contributed by atoms with Gasteiger partial charge in [0.15, 0.2) is 0 Å². The Morgan fingerprint density at radius 3 is 3.00 bits per heavy atom. The summed E-state index contributed by atoms with van der Waals surface area (Å²) in [5.74, 6) is 5.32. The largest absolute Gasteiger partial charge is 0.384 e. The second-order valence-corrected chi connectivity index (χ2v) is 5.23. The number of aliphatic hydroxyl groups excluding tert-OH is 1. The van der Waals surface area contributed by atoms with E-state index in [2.05, 4.69) is 16.8 Å². The third-order valence-corrected chi connectivity index (χ3v) is 3.59. The van der Waals surface area contributed by atoms with E-state index in [-0.39, 0.29) is 12.5 Å². The number of thiophene rings is 1. The van der Waals surface area contributed by atoms with Crippen molar-refractivity contribution in [3.05, 3.63) is 52.0 Å². The van der Waals surface area contributed by atoms with Crippen LogP contribution in [0.4, 0.5) is 0 Å². The number of hydrogen-bond donors (Lipinski definition) is 1. The summed E-state index contributed by atoms with van der Waals surface area (Å²) in [4.78, 5) is 19.3. The average Bonchev–Trinajstić information content (AvgIpc) is 2.94. The van der Waals surface area contributed by atoms with Crippen molar-refractivity contribution in [2.24, 2.45) is 0 Å². The summed E-state index contributed by atoms with van der Waals surface area (Å²) in [5, 5.41) is 8.65. The summed E-state index contributed by atoms with van der Waals surface area (Å²) in [6, 6.07) is 7.33. The SMILES string of the molecule is CN(Cc1cccnc1)C(=O)c1ccc(C#CCO)s1. The number of nitrogens with zero attached hydrogens (tertiary/aromatic N) is 2. The van der Waals surface area contributed by atoms with Crippen LogP contribution < -0.4 is 0 Å². The van der Waals surface area contributed by atoms with E-state index in [0.29, 0.717) is 11.4 Å². The highest BCUT2D eigenvalue weighted by molar-refractivity contribution is 7.14. The second-order valence-electron chi connectivity index (χ2n) is 4.15. The minimum atomic E-state index is -0.178. The Labute approximate surface area is 121 Å². The molecule has 0 aromatic carbocycles. The second kappa shape index (κ2) is 6.85. The molecule has 2 rings (SSSR count). The van der Waals surface area contributed by atoms with Crippen molar-refractivity contribution in [1.29, 1.82) is 0 Å². The van der Waals surface area contributed by atoms with Gasteiger partial charge in [-0.15, -0.1) is 11.3 Å². The molecule has 2 heterocycles. The van der Waals surface area contributed by atoms with Gasteiger partial charge in [0.1, 0.15) is 6.61 Å². The van der Waals surface area contributed by atoms with Gasteiger partial charge in [-0.05, 0) is 23.8 Å². The molecule has 102 valence electrons. The quantitative estimate of drug-likeness (QED) is 0.875. The van der Waals surface area contributed by atoms with Crippen LogP contribution in [0.2, 0.25) is 0 Å². The Hall–Kier alpha value is -2.16. The van der Waals surface area contributed by atoms with Crippen LogP contribution in [-0.4, -0.2) is 34.6 Å². The Morgan fingerprint density at radius 1 is 1.45 bits per heavy atom. The van der Waals surface area contributed by atoms with Crippen molar-refractivity contribution in [3.63, 3.8) is 0 Å². The Balaban J connectivity index is 2.05. The predicted octanol–water partition coefficient (Wildman–Crippen LogP) is 1.76.